The number of carbonyl (C=O) groups excluding carboxylic acids is 2. The maximum Gasteiger partial charge on any atom is 0.189 e. The average Bonchev–Trinajstić information content (AvgIpc) is 3.22. The number of nitrogens with one attached hydrogen (secondary N) is 1. The van der Waals surface area contributed by atoms with E-state index < -0.39 is 11.7 Å². The lowest BCUT2D eigenvalue weighted by Crippen LogP contribution is -2.23. The minimum absolute atomic E-state index is 0.0682. The Kier molecular flexibility index (Phi) is 4.98. The van der Waals surface area contributed by atoms with Gasteiger partial charge >= 0.3 is 0 Å². The number of hydrogen-bond acceptors (Lipinski definition) is 4. The van der Waals surface area contributed by atoms with Crippen molar-refractivity contribution in [1.82, 2.24) is 4.98 Å². The number of benzene rings is 1. The molecule has 2 heterocycles. The minimum Gasteiger partial charge on any atom is -0.378 e. The monoisotopic (exact) mass is 344 g/mol. The Morgan fingerprint density at radius 2 is 2.29 bits per heavy atom. The lowest BCUT2D eigenvalue weighted by atomic mass is 9.91. The molecule has 124 valence electrons. The van der Waals surface area contributed by atoms with Crippen LogP contribution in [0.2, 0.25) is 5.02 Å². The third kappa shape index (κ3) is 3.35. The molecule has 0 radical (unpaired) electrons. The van der Waals surface area contributed by atoms with E-state index in [1.54, 1.807) is 18.2 Å². The van der Waals surface area contributed by atoms with Gasteiger partial charge in [0.25, 0.3) is 0 Å². The summed E-state index contributed by atoms with van der Waals surface area (Å²) < 4.78 is 5.48. The summed E-state index contributed by atoms with van der Waals surface area (Å²) in [7, 11) is 0. The van der Waals surface area contributed by atoms with Crippen molar-refractivity contribution in [2.75, 3.05) is 6.61 Å². The largest absolute Gasteiger partial charge is 0.378 e. The van der Waals surface area contributed by atoms with Gasteiger partial charge in [0.15, 0.2) is 17.5 Å². The summed E-state index contributed by atoms with van der Waals surface area (Å²) in [6, 6.07) is 6.95. The number of carbonyl (C=O) groups is 2. The highest BCUT2D eigenvalue weighted by atomic mass is 35.5. The third-order valence-corrected chi connectivity index (χ3v) is 4.59. The van der Waals surface area contributed by atoms with Crippen LogP contribution in [0.3, 0.4) is 0 Å². The van der Waals surface area contributed by atoms with E-state index in [1.165, 1.54) is 6.20 Å². The molecule has 0 spiro atoms. The number of halogens is 1. The lowest BCUT2D eigenvalue weighted by molar-refractivity contribution is -0.120. The van der Waals surface area contributed by atoms with Gasteiger partial charge in [0.05, 0.1) is 12.2 Å². The molecule has 0 saturated carbocycles. The van der Waals surface area contributed by atoms with Crippen LogP contribution < -0.4 is 0 Å². The number of ketones is 2. The van der Waals surface area contributed by atoms with Gasteiger partial charge in [0.2, 0.25) is 0 Å². The quantitative estimate of drug-likeness (QED) is 0.640. The number of H-pyrrole nitrogens is 1. The summed E-state index contributed by atoms with van der Waals surface area (Å²) in [5.74, 6) is -2.09. The first-order valence-corrected chi connectivity index (χ1v) is 8.32. The van der Waals surface area contributed by atoms with Crippen LogP contribution in [0.4, 0.5) is 0 Å². The molecule has 0 bridgehead atoms. The maximum absolute atomic E-state index is 12.6. The SMILES string of the molecule is N#C[C@H](C(=O)CC[C@H]1CCCO1)C(=O)c1c[nH]c2cc(Cl)ccc12. The van der Waals surface area contributed by atoms with Gasteiger partial charge in [-0.05, 0) is 31.4 Å². The van der Waals surface area contributed by atoms with E-state index in [9.17, 15) is 14.9 Å². The number of ether oxygens (including phenoxy) is 1. The van der Waals surface area contributed by atoms with Gasteiger partial charge < -0.3 is 9.72 Å². The number of nitriles is 1. The summed E-state index contributed by atoms with van der Waals surface area (Å²) in [6.07, 6.45) is 4.27. The number of nitrogens with zero attached hydrogens (tertiary/aromatic N) is 1. The molecule has 0 unspecified atom stereocenters. The van der Waals surface area contributed by atoms with Crippen molar-refractivity contribution in [2.24, 2.45) is 5.92 Å². The van der Waals surface area contributed by atoms with Gasteiger partial charge in [-0.3, -0.25) is 9.59 Å². The zero-order valence-electron chi connectivity index (χ0n) is 13.0. The standard InChI is InChI=1S/C18H17ClN2O3/c19-11-3-5-13-15(10-21-16(13)8-11)18(23)14(9-20)17(22)6-4-12-2-1-7-24-12/h3,5,8,10,12,14,21H,1-2,4,6-7H2/t12-,14-/m1/s1. The molecule has 0 amide bonds. The number of hydrogen-bond donors (Lipinski definition) is 1. The van der Waals surface area contributed by atoms with Crippen LogP contribution in [-0.4, -0.2) is 29.3 Å². The van der Waals surface area contributed by atoms with E-state index in [4.69, 9.17) is 16.3 Å². The first kappa shape index (κ1) is 16.7. The Balaban J connectivity index is 1.75. The van der Waals surface area contributed by atoms with Gasteiger partial charge in [-0.15, -0.1) is 0 Å². The average molecular weight is 345 g/mol. The normalized spacial score (nSPS) is 18.4. The highest BCUT2D eigenvalue weighted by Gasteiger charge is 2.29. The molecule has 0 aliphatic carbocycles. The Hall–Kier alpha value is -2.16. The summed E-state index contributed by atoms with van der Waals surface area (Å²) >= 11 is 5.93. The van der Waals surface area contributed by atoms with E-state index in [1.807, 2.05) is 6.07 Å². The van der Waals surface area contributed by atoms with Gasteiger partial charge in [-0.25, -0.2) is 0 Å². The molecule has 2 aromatic rings. The molecule has 2 atom stereocenters. The molecule has 3 rings (SSSR count). The first-order chi connectivity index (χ1) is 11.6. The van der Waals surface area contributed by atoms with Gasteiger partial charge in [-0.1, -0.05) is 17.7 Å². The molecule has 1 fully saturated rings. The molecule has 1 N–H and O–H groups in total. The zero-order chi connectivity index (χ0) is 17.1. The molecule has 1 aromatic carbocycles. The van der Waals surface area contributed by atoms with Crippen molar-refractivity contribution >= 4 is 34.1 Å². The van der Waals surface area contributed by atoms with E-state index in [0.29, 0.717) is 27.9 Å². The first-order valence-electron chi connectivity index (χ1n) is 7.95. The second-order valence-electron chi connectivity index (χ2n) is 5.96. The van der Waals surface area contributed by atoms with Crippen LogP contribution in [-0.2, 0) is 9.53 Å². The Bertz CT molecular complexity index is 815. The van der Waals surface area contributed by atoms with Gasteiger partial charge in [0.1, 0.15) is 0 Å². The van der Waals surface area contributed by atoms with Crippen molar-refractivity contribution in [3.8, 4) is 6.07 Å². The zero-order valence-corrected chi connectivity index (χ0v) is 13.8. The fraction of sp³-hybridized carbons (Fsp3) is 0.389. The number of aromatic nitrogens is 1. The van der Waals surface area contributed by atoms with Gasteiger partial charge in [-0.2, -0.15) is 5.26 Å². The minimum atomic E-state index is -1.28. The van der Waals surface area contributed by atoms with Crippen LogP contribution in [0.5, 0.6) is 0 Å². The second kappa shape index (κ2) is 7.16. The molecular weight excluding hydrogens is 328 g/mol. The van der Waals surface area contributed by atoms with Crippen molar-refractivity contribution in [2.45, 2.75) is 31.8 Å². The summed E-state index contributed by atoms with van der Waals surface area (Å²) in [5.41, 5.74) is 1.05. The fourth-order valence-corrected chi connectivity index (χ4v) is 3.23. The van der Waals surface area contributed by atoms with Crippen molar-refractivity contribution in [1.29, 1.82) is 5.26 Å². The molecule has 1 aliphatic heterocycles. The van der Waals surface area contributed by atoms with Crippen molar-refractivity contribution in [3.05, 3.63) is 35.0 Å². The van der Waals surface area contributed by atoms with Crippen LogP contribution in [0.15, 0.2) is 24.4 Å². The van der Waals surface area contributed by atoms with Crippen LogP contribution in [0.25, 0.3) is 10.9 Å². The molecular formula is C18H17ClN2O3. The molecule has 6 heteroatoms. The summed E-state index contributed by atoms with van der Waals surface area (Å²) in [4.78, 5) is 27.9. The number of rotatable bonds is 6. The Labute approximate surface area is 144 Å². The highest BCUT2D eigenvalue weighted by Crippen LogP contribution is 2.25. The molecule has 1 aliphatic rings. The Morgan fingerprint density at radius 1 is 1.46 bits per heavy atom. The lowest BCUT2D eigenvalue weighted by Gasteiger charge is -2.10. The smallest absolute Gasteiger partial charge is 0.189 e. The topological polar surface area (TPSA) is 82.9 Å². The van der Waals surface area contributed by atoms with Gasteiger partial charge in [0, 0.05) is 40.7 Å². The second-order valence-corrected chi connectivity index (χ2v) is 6.40. The predicted molar refractivity (Wildman–Crippen MR) is 90.0 cm³/mol. The molecule has 1 aromatic heterocycles. The number of aromatic amines is 1. The van der Waals surface area contributed by atoms with Crippen molar-refractivity contribution < 1.29 is 14.3 Å². The molecule has 5 nitrogen and oxygen atoms in total. The predicted octanol–water partition coefficient (Wildman–Crippen LogP) is 3.67. The number of fused-ring (bicyclic) bond motifs is 1. The van der Waals surface area contributed by atoms with E-state index in [0.717, 1.165) is 19.4 Å². The fourth-order valence-electron chi connectivity index (χ4n) is 3.05. The highest BCUT2D eigenvalue weighted by molar-refractivity contribution is 6.31. The Morgan fingerprint density at radius 3 is 3.00 bits per heavy atom. The number of Topliss-reactive ketones (excluding diaryl/α,β-unsaturated/α-hetero) is 2. The van der Waals surface area contributed by atoms with E-state index in [2.05, 4.69) is 4.98 Å². The van der Waals surface area contributed by atoms with E-state index >= 15 is 0 Å². The maximum atomic E-state index is 12.6. The third-order valence-electron chi connectivity index (χ3n) is 4.36. The van der Waals surface area contributed by atoms with Crippen LogP contribution in [0, 0.1) is 17.2 Å². The van der Waals surface area contributed by atoms with E-state index in [-0.39, 0.29) is 18.3 Å². The summed E-state index contributed by atoms with van der Waals surface area (Å²) in [5, 5.41) is 10.5. The van der Waals surface area contributed by atoms with Crippen LogP contribution >= 0.6 is 11.6 Å². The molecule has 1 saturated heterocycles. The van der Waals surface area contributed by atoms with Crippen LogP contribution in [0.1, 0.15) is 36.0 Å². The summed E-state index contributed by atoms with van der Waals surface area (Å²) in [6.45, 7) is 0.720. The van der Waals surface area contributed by atoms with Crippen molar-refractivity contribution in [3.63, 3.8) is 0 Å². The molecule has 24 heavy (non-hydrogen) atoms.